The van der Waals surface area contributed by atoms with Gasteiger partial charge in [0.15, 0.2) is 0 Å². The molecule has 0 aliphatic carbocycles. The lowest BCUT2D eigenvalue weighted by molar-refractivity contribution is 0.0603. The van der Waals surface area contributed by atoms with Crippen molar-refractivity contribution in [2.24, 2.45) is 5.73 Å². The molecule has 2 unspecified atom stereocenters. The summed E-state index contributed by atoms with van der Waals surface area (Å²) in [5.74, 6) is 1.21. The topological polar surface area (TPSA) is 158 Å². The molecule has 11 nitrogen and oxygen atoms in total. The molecular formula is C34H41N7O4. The summed E-state index contributed by atoms with van der Waals surface area (Å²) in [6.45, 7) is 3.91. The molecule has 11 heteroatoms. The Morgan fingerprint density at radius 3 is 2.62 bits per heavy atom. The number of imidazole rings is 1. The molecule has 2 amide bonds. The second-order valence-corrected chi connectivity index (χ2v) is 11.2. The van der Waals surface area contributed by atoms with Gasteiger partial charge in [0.2, 0.25) is 0 Å². The van der Waals surface area contributed by atoms with E-state index in [4.69, 9.17) is 20.6 Å². The molecule has 1 aliphatic rings. The second kappa shape index (κ2) is 15.3. The first kappa shape index (κ1) is 31.7. The number of piperidine rings is 1. The number of hydrogen-bond acceptors (Lipinski definition) is 7. The van der Waals surface area contributed by atoms with Crippen LogP contribution in [0.3, 0.4) is 0 Å². The summed E-state index contributed by atoms with van der Waals surface area (Å²) in [5, 5.41) is 12.7. The number of nitrogens with one attached hydrogen (secondary N) is 4. The maximum absolute atomic E-state index is 13.1. The fraction of sp³-hybridized carbons (Fsp3) is 0.353. The molecular weight excluding hydrogens is 570 g/mol. The molecule has 6 N–H and O–H groups in total. The number of rotatable bonds is 13. The van der Waals surface area contributed by atoms with E-state index >= 15 is 0 Å². The minimum atomic E-state index is -0.576. The molecule has 3 aromatic carbocycles. The number of carbonyl (C=O) groups is 2. The zero-order valence-electron chi connectivity index (χ0n) is 25.6. The third-order valence-electron chi connectivity index (χ3n) is 7.97. The van der Waals surface area contributed by atoms with Crippen molar-refractivity contribution in [1.82, 2.24) is 25.7 Å². The Morgan fingerprint density at radius 2 is 1.87 bits per heavy atom. The van der Waals surface area contributed by atoms with Crippen molar-refractivity contribution in [2.45, 2.75) is 57.5 Å². The normalized spacial score (nSPS) is 16.7. The van der Waals surface area contributed by atoms with Crippen LogP contribution in [0.15, 0.2) is 72.8 Å². The van der Waals surface area contributed by atoms with Gasteiger partial charge in [-0.3, -0.25) is 15.6 Å². The maximum Gasteiger partial charge on any atom is 0.427 e. The molecule has 1 fully saturated rings. The van der Waals surface area contributed by atoms with E-state index in [1.54, 1.807) is 24.3 Å². The zero-order chi connectivity index (χ0) is 31.6. The number of H-pyrrole nitrogens is 1. The summed E-state index contributed by atoms with van der Waals surface area (Å²) >= 11 is 0. The van der Waals surface area contributed by atoms with Crippen LogP contribution in [-0.4, -0.2) is 64.7 Å². The van der Waals surface area contributed by atoms with Gasteiger partial charge in [0.1, 0.15) is 17.4 Å². The fourth-order valence-corrected chi connectivity index (χ4v) is 5.60. The predicted octanol–water partition coefficient (Wildman–Crippen LogP) is 4.72. The van der Waals surface area contributed by atoms with E-state index < -0.39 is 6.09 Å². The number of aromatic amines is 1. The summed E-state index contributed by atoms with van der Waals surface area (Å²) in [7, 11) is 0. The molecule has 2 heterocycles. The minimum absolute atomic E-state index is 0.0318. The van der Waals surface area contributed by atoms with Crippen molar-refractivity contribution < 1.29 is 19.1 Å². The van der Waals surface area contributed by atoms with E-state index in [0.29, 0.717) is 49.5 Å². The van der Waals surface area contributed by atoms with E-state index in [9.17, 15) is 9.59 Å². The number of benzene rings is 3. The Balaban J connectivity index is 1.21. The Morgan fingerprint density at radius 1 is 1.07 bits per heavy atom. The van der Waals surface area contributed by atoms with Gasteiger partial charge >= 0.3 is 6.09 Å². The number of nitrogen functional groups attached to an aromatic ring is 1. The van der Waals surface area contributed by atoms with E-state index in [2.05, 4.69) is 20.7 Å². The van der Waals surface area contributed by atoms with E-state index in [1.165, 1.54) is 0 Å². The number of ether oxygens (including phenoxy) is 2. The minimum Gasteiger partial charge on any atom is -0.409 e. The lowest BCUT2D eigenvalue weighted by Gasteiger charge is -2.39. The number of hydrogen-bond donors (Lipinski definition) is 5. The lowest BCUT2D eigenvalue weighted by atomic mass is 9.93. The SMILES string of the molecule is CCOCCCc1nc2ccc(OC(=O)NN3CCC(NC(=O)c4ccccc4)CC3CCc3ccc(C(=N)N)cc3)cc2[nH]1. The number of aromatic nitrogens is 2. The quantitative estimate of drug-likeness (QED) is 0.0832. The Hall–Kier alpha value is -4.74. The van der Waals surface area contributed by atoms with Crippen LogP contribution in [-0.2, 0) is 17.6 Å². The number of nitrogens with two attached hydrogens (primary N) is 1. The number of amidine groups is 1. The monoisotopic (exact) mass is 611 g/mol. The average molecular weight is 612 g/mol. The summed E-state index contributed by atoms with van der Waals surface area (Å²) in [6.07, 6.45) is 3.90. The zero-order valence-corrected chi connectivity index (χ0v) is 25.6. The van der Waals surface area contributed by atoms with Gasteiger partial charge in [-0.2, -0.15) is 0 Å². The number of amides is 2. The van der Waals surface area contributed by atoms with Gasteiger partial charge in [0.25, 0.3) is 5.91 Å². The maximum atomic E-state index is 13.1. The first-order valence-electron chi connectivity index (χ1n) is 15.5. The largest absolute Gasteiger partial charge is 0.427 e. The van der Waals surface area contributed by atoms with Gasteiger partial charge in [-0.05, 0) is 68.9 Å². The molecule has 1 aromatic heterocycles. The molecule has 0 bridgehead atoms. The van der Waals surface area contributed by atoms with Crippen LogP contribution in [0.1, 0.15) is 59.9 Å². The third kappa shape index (κ3) is 8.90. The first-order valence-corrected chi connectivity index (χ1v) is 15.5. The number of carbonyl (C=O) groups excluding carboxylic acids is 2. The van der Waals surface area contributed by atoms with Crippen LogP contribution in [0.4, 0.5) is 4.79 Å². The molecule has 1 aliphatic heterocycles. The standard InChI is InChI=1S/C34H41N7O4/c1-2-44-20-6-9-31-38-29-17-16-28(22-30(29)39-31)45-34(43)40-41-19-18-26(37-33(42)25-7-4-3-5-8-25)21-27(41)15-12-23-10-13-24(14-11-23)32(35)36/h3-5,7-8,10-11,13-14,16-17,22,26-27H,2,6,9,12,15,18-21H2,1H3,(H3,35,36)(H,37,42)(H,38,39)(H,40,43). The van der Waals surface area contributed by atoms with Gasteiger partial charge in [0.05, 0.1) is 11.0 Å². The van der Waals surface area contributed by atoms with Gasteiger partial charge in [0, 0.05) is 55.5 Å². The summed E-state index contributed by atoms with van der Waals surface area (Å²) in [6, 6.07) is 22.1. The molecule has 0 spiro atoms. The van der Waals surface area contributed by atoms with E-state index in [1.807, 2.05) is 60.5 Å². The molecule has 236 valence electrons. The van der Waals surface area contributed by atoms with Gasteiger partial charge in [-0.1, -0.05) is 42.5 Å². The van der Waals surface area contributed by atoms with Gasteiger partial charge in [-0.25, -0.2) is 14.8 Å². The highest BCUT2D eigenvalue weighted by atomic mass is 16.6. The van der Waals surface area contributed by atoms with Crippen molar-refractivity contribution in [2.75, 3.05) is 19.8 Å². The molecule has 4 aromatic rings. The van der Waals surface area contributed by atoms with Gasteiger partial charge < -0.3 is 25.5 Å². The predicted molar refractivity (Wildman–Crippen MR) is 173 cm³/mol. The average Bonchev–Trinajstić information content (AvgIpc) is 3.45. The molecule has 0 saturated carbocycles. The second-order valence-electron chi connectivity index (χ2n) is 11.2. The lowest BCUT2D eigenvalue weighted by Crippen LogP contribution is -2.56. The summed E-state index contributed by atoms with van der Waals surface area (Å²) in [4.78, 5) is 33.9. The molecule has 45 heavy (non-hydrogen) atoms. The van der Waals surface area contributed by atoms with Crippen LogP contribution in [0.2, 0.25) is 0 Å². The Bertz CT molecular complexity index is 1590. The van der Waals surface area contributed by atoms with E-state index in [0.717, 1.165) is 48.1 Å². The smallest absolute Gasteiger partial charge is 0.409 e. The Labute approximate surface area is 263 Å². The van der Waals surface area contributed by atoms with Crippen LogP contribution in [0.5, 0.6) is 5.75 Å². The highest BCUT2D eigenvalue weighted by Crippen LogP contribution is 2.23. The molecule has 0 radical (unpaired) electrons. The molecule has 2 atom stereocenters. The van der Waals surface area contributed by atoms with Crippen molar-refractivity contribution in [3.05, 3.63) is 95.3 Å². The van der Waals surface area contributed by atoms with Crippen molar-refractivity contribution in [1.29, 1.82) is 5.41 Å². The molecule has 5 rings (SSSR count). The van der Waals surface area contributed by atoms with Crippen LogP contribution in [0, 0.1) is 5.41 Å². The summed E-state index contributed by atoms with van der Waals surface area (Å²) < 4.78 is 11.1. The Kier molecular flexibility index (Phi) is 10.8. The number of hydrazine groups is 1. The number of aryl methyl sites for hydroxylation is 2. The van der Waals surface area contributed by atoms with Crippen LogP contribution in [0.25, 0.3) is 11.0 Å². The van der Waals surface area contributed by atoms with Crippen molar-refractivity contribution in [3.63, 3.8) is 0 Å². The molecule has 1 saturated heterocycles. The van der Waals surface area contributed by atoms with Crippen molar-refractivity contribution in [3.8, 4) is 5.75 Å². The summed E-state index contributed by atoms with van der Waals surface area (Å²) in [5.41, 5.74) is 12.6. The number of nitrogens with zero attached hydrogens (tertiary/aromatic N) is 2. The highest BCUT2D eigenvalue weighted by molar-refractivity contribution is 5.95. The number of fused-ring (bicyclic) bond motifs is 1. The van der Waals surface area contributed by atoms with Crippen molar-refractivity contribution >= 4 is 28.9 Å². The van der Waals surface area contributed by atoms with E-state index in [-0.39, 0.29) is 23.8 Å². The first-order chi connectivity index (χ1) is 21.9. The highest BCUT2D eigenvalue weighted by Gasteiger charge is 2.31. The third-order valence-corrected chi connectivity index (χ3v) is 7.97. The van der Waals surface area contributed by atoms with Crippen LogP contribution < -0.4 is 21.2 Å². The van der Waals surface area contributed by atoms with Gasteiger partial charge in [-0.15, -0.1) is 0 Å². The fourth-order valence-electron chi connectivity index (χ4n) is 5.60. The van der Waals surface area contributed by atoms with Crippen LogP contribution >= 0.6 is 0 Å².